The number of carbonyl (C=O) groups excluding carboxylic acids is 1. The molecule has 1 rings (SSSR count). The third-order valence-corrected chi connectivity index (χ3v) is 3.65. The maximum atomic E-state index is 11.7. The molecule has 0 radical (unpaired) electrons. The number of carbonyl (C=O) groups is 2. The van der Waals surface area contributed by atoms with E-state index in [-0.39, 0.29) is 6.42 Å². The first-order valence-corrected chi connectivity index (χ1v) is 7.16. The number of ether oxygens (including phenoxy) is 1. The Labute approximate surface area is 115 Å². The second-order valence-corrected chi connectivity index (χ2v) is 6.59. The summed E-state index contributed by atoms with van der Waals surface area (Å²) >= 11 is 0. The molecule has 1 aliphatic rings. The van der Waals surface area contributed by atoms with Gasteiger partial charge in [0.1, 0.15) is 6.29 Å². The van der Waals surface area contributed by atoms with Crippen molar-refractivity contribution in [3.63, 3.8) is 0 Å². The molecule has 1 atom stereocenters. The van der Waals surface area contributed by atoms with Crippen molar-refractivity contribution in [1.29, 1.82) is 0 Å². The van der Waals surface area contributed by atoms with Crippen LogP contribution in [0.2, 0.25) is 0 Å². The molecule has 1 unspecified atom stereocenters. The van der Waals surface area contributed by atoms with E-state index in [0.29, 0.717) is 18.6 Å². The Morgan fingerprint density at radius 3 is 2.26 bits per heavy atom. The predicted octanol–water partition coefficient (Wildman–Crippen LogP) is 3.18. The van der Waals surface area contributed by atoms with Gasteiger partial charge in [0.05, 0.1) is 5.60 Å². The average molecular weight is 270 g/mol. The lowest BCUT2D eigenvalue weighted by atomic mass is 9.79. The van der Waals surface area contributed by atoms with Gasteiger partial charge < -0.3 is 14.6 Å². The molecule has 110 valence electrons. The highest BCUT2D eigenvalue weighted by Crippen LogP contribution is 2.36. The van der Waals surface area contributed by atoms with Crippen molar-refractivity contribution in [2.24, 2.45) is 5.92 Å². The summed E-state index contributed by atoms with van der Waals surface area (Å²) in [4.78, 5) is 22.6. The number of aldehydes is 1. The zero-order chi connectivity index (χ0) is 14.5. The van der Waals surface area contributed by atoms with Crippen molar-refractivity contribution in [3.05, 3.63) is 0 Å². The Morgan fingerprint density at radius 2 is 1.84 bits per heavy atom. The first-order valence-electron chi connectivity index (χ1n) is 7.16. The zero-order valence-corrected chi connectivity index (χ0v) is 12.3. The van der Waals surface area contributed by atoms with Crippen LogP contribution >= 0.6 is 0 Å². The monoisotopic (exact) mass is 270 g/mol. The predicted molar refractivity (Wildman–Crippen MR) is 73.1 cm³/mol. The van der Waals surface area contributed by atoms with Gasteiger partial charge in [-0.3, -0.25) is 0 Å². The van der Waals surface area contributed by atoms with Gasteiger partial charge in [-0.15, -0.1) is 0 Å². The van der Waals surface area contributed by atoms with Gasteiger partial charge in [0.15, 0.2) is 5.60 Å². The molecule has 0 aromatic rings. The summed E-state index contributed by atoms with van der Waals surface area (Å²) in [7, 11) is 0. The van der Waals surface area contributed by atoms with Crippen molar-refractivity contribution in [1.82, 2.24) is 0 Å². The highest BCUT2D eigenvalue weighted by Gasteiger charge is 2.44. The molecule has 1 saturated carbocycles. The molecule has 19 heavy (non-hydrogen) atoms. The van der Waals surface area contributed by atoms with Crippen LogP contribution in [0.15, 0.2) is 0 Å². The fourth-order valence-corrected chi connectivity index (χ4v) is 2.96. The second-order valence-electron chi connectivity index (χ2n) is 6.59. The van der Waals surface area contributed by atoms with Gasteiger partial charge in [-0.05, 0) is 33.1 Å². The lowest BCUT2D eigenvalue weighted by Crippen LogP contribution is -2.48. The first kappa shape index (κ1) is 16.2. The Morgan fingerprint density at radius 1 is 1.26 bits per heavy atom. The summed E-state index contributed by atoms with van der Waals surface area (Å²) in [5.41, 5.74) is -1.93. The first-order chi connectivity index (χ1) is 8.79. The number of hydrogen-bond acceptors (Lipinski definition) is 3. The van der Waals surface area contributed by atoms with Gasteiger partial charge in [-0.1, -0.05) is 32.1 Å². The number of rotatable bonds is 6. The fourth-order valence-electron chi connectivity index (χ4n) is 2.96. The minimum absolute atomic E-state index is 0.0733. The molecule has 1 fully saturated rings. The highest BCUT2D eigenvalue weighted by atomic mass is 16.5. The quantitative estimate of drug-likeness (QED) is 0.753. The molecular weight excluding hydrogens is 244 g/mol. The molecule has 1 aliphatic carbocycles. The van der Waals surface area contributed by atoms with E-state index in [2.05, 4.69) is 0 Å². The number of aliphatic carboxylic acids is 1. The summed E-state index contributed by atoms with van der Waals surface area (Å²) in [5, 5.41) is 9.56. The van der Waals surface area contributed by atoms with Gasteiger partial charge in [-0.25, -0.2) is 4.79 Å². The summed E-state index contributed by atoms with van der Waals surface area (Å²) < 4.78 is 5.80. The van der Waals surface area contributed by atoms with Crippen molar-refractivity contribution in [3.8, 4) is 0 Å². The maximum Gasteiger partial charge on any atom is 0.336 e. The standard InChI is InChI=1S/C15H26O4/c1-14(2,3)19-15(9-10-16,13(17)18)11-12-7-5-4-6-8-12/h10,12H,4-9,11H2,1-3H3,(H,17,18). The Kier molecular flexibility index (Phi) is 5.53. The van der Waals surface area contributed by atoms with Gasteiger partial charge in [-0.2, -0.15) is 0 Å². The summed E-state index contributed by atoms with van der Waals surface area (Å²) in [6.45, 7) is 5.49. The SMILES string of the molecule is CC(C)(C)OC(CC=O)(CC1CCCCC1)C(=O)O. The largest absolute Gasteiger partial charge is 0.479 e. The molecule has 0 bridgehead atoms. The van der Waals surface area contributed by atoms with E-state index in [1.165, 1.54) is 6.42 Å². The van der Waals surface area contributed by atoms with Crippen LogP contribution in [0.4, 0.5) is 0 Å². The van der Waals surface area contributed by atoms with Gasteiger partial charge in [0, 0.05) is 6.42 Å². The van der Waals surface area contributed by atoms with E-state index in [4.69, 9.17) is 4.74 Å². The number of hydrogen-bond donors (Lipinski definition) is 1. The molecule has 0 aromatic heterocycles. The number of carboxylic acid groups (broad SMARTS) is 1. The van der Waals surface area contributed by atoms with E-state index in [1.54, 1.807) is 0 Å². The third-order valence-electron chi connectivity index (χ3n) is 3.65. The Hall–Kier alpha value is -0.900. The van der Waals surface area contributed by atoms with Crippen molar-refractivity contribution >= 4 is 12.3 Å². The smallest absolute Gasteiger partial charge is 0.336 e. The van der Waals surface area contributed by atoms with E-state index in [0.717, 1.165) is 25.7 Å². The molecule has 0 aliphatic heterocycles. The van der Waals surface area contributed by atoms with Crippen LogP contribution in [-0.2, 0) is 14.3 Å². The Bertz CT molecular complexity index is 313. The molecule has 0 aromatic carbocycles. The molecule has 4 nitrogen and oxygen atoms in total. The third kappa shape index (κ3) is 4.94. The molecule has 1 N–H and O–H groups in total. The average Bonchev–Trinajstić information content (AvgIpc) is 2.28. The lowest BCUT2D eigenvalue weighted by Gasteiger charge is -2.38. The van der Waals surface area contributed by atoms with Crippen molar-refractivity contribution < 1.29 is 19.4 Å². The Balaban J connectivity index is 2.87. The van der Waals surface area contributed by atoms with Crippen LogP contribution in [0.5, 0.6) is 0 Å². The van der Waals surface area contributed by atoms with Gasteiger partial charge in [0.2, 0.25) is 0 Å². The highest BCUT2D eigenvalue weighted by molar-refractivity contribution is 5.81. The topological polar surface area (TPSA) is 63.6 Å². The van der Waals surface area contributed by atoms with Crippen molar-refractivity contribution in [2.75, 3.05) is 0 Å². The molecular formula is C15H26O4. The van der Waals surface area contributed by atoms with Gasteiger partial charge in [0.25, 0.3) is 0 Å². The van der Waals surface area contributed by atoms with Crippen LogP contribution < -0.4 is 0 Å². The second kappa shape index (κ2) is 6.51. The summed E-state index contributed by atoms with van der Waals surface area (Å²) in [5.74, 6) is -0.660. The summed E-state index contributed by atoms with van der Waals surface area (Å²) in [6, 6.07) is 0. The molecule has 0 saturated heterocycles. The zero-order valence-electron chi connectivity index (χ0n) is 12.3. The maximum absolute atomic E-state index is 11.7. The lowest BCUT2D eigenvalue weighted by molar-refractivity contribution is -0.190. The minimum Gasteiger partial charge on any atom is -0.479 e. The van der Waals surface area contributed by atoms with E-state index in [9.17, 15) is 14.7 Å². The minimum atomic E-state index is -1.36. The molecule has 0 amide bonds. The summed E-state index contributed by atoms with van der Waals surface area (Å²) in [6.07, 6.45) is 6.65. The molecule has 4 heteroatoms. The van der Waals surface area contributed by atoms with Crippen LogP contribution in [0.3, 0.4) is 0 Å². The normalized spacial score (nSPS) is 20.8. The van der Waals surface area contributed by atoms with Gasteiger partial charge >= 0.3 is 5.97 Å². The van der Waals surface area contributed by atoms with Crippen LogP contribution in [0.1, 0.15) is 65.7 Å². The van der Waals surface area contributed by atoms with E-state index in [1.807, 2.05) is 20.8 Å². The van der Waals surface area contributed by atoms with E-state index >= 15 is 0 Å². The van der Waals surface area contributed by atoms with Crippen molar-refractivity contribution in [2.45, 2.75) is 76.9 Å². The molecule has 0 spiro atoms. The van der Waals surface area contributed by atoms with Crippen LogP contribution in [0, 0.1) is 5.92 Å². The fraction of sp³-hybridized carbons (Fsp3) is 0.867. The molecule has 0 heterocycles. The van der Waals surface area contributed by atoms with Crippen LogP contribution in [0.25, 0.3) is 0 Å². The van der Waals surface area contributed by atoms with Crippen LogP contribution in [-0.4, -0.2) is 28.6 Å². The number of carboxylic acids is 1. The van der Waals surface area contributed by atoms with E-state index < -0.39 is 17.2 Å².